The SMILES string of the molecule is CNC(Cc1cc(C)nn1C)c1ccc(C)cc1Br. The maximum atomic E-state index is 4.41. The van der Waals surface area contributed by atoms with Crippen molar-refractivity contribution in [1.29, 1.82) is 0 Å². The second-order valence-electron chi connectivity index (χ2n) is 4.97. The van der Waals surface area contributed by atoms with E-state index >= 15 is 0 Å². The van der Waals surface area contributed by atoms with Gasteiger partial charge in [-0.05, 0) is 44.2 Å². The van der Waals surface area contributed by atoms with E-state index in [2.05, 4.69) is 57.5 Å². The molecule has 4 heteroatoms. The van der Waals surface area contributed by atoms with Crippen molar-refractivity contribution in [2.75, 3.05) is 7.05 Å². The molecule has 2 rings (SSSR count). The molecule has 0 amide bonds. The summed E-state index contributed by atoms with van der Waals surface area (Å²) in [5, 5.41) is 7.80. The Balaban J connectivity index is 2.27. The number of hydrogen-bond donors (Lipinski definition) is 1. The van der Waals surface area contributed by atoms with Crippen molar-refractivity contribution in [2.24, 2.45) is 7.05 Å². The van der Waals surface area contributed by atoms with Gasteiger partial charge in [-0.3, -0.25) is 4.68 Å². The monoisotopic (exact) mass is 321 g/mol. The Morgan fingerprint density at radius 1 is 1.32 bits per heavy atom. The molecule has 0 fully saturated rings. The van der Waals surface area contributed by atoms with Crippen molar-refractivity contribution >= 4 is 15.9 Å². The van der Waals surface area contributed by atoms with Crippen LogP contribution in [0.25, 0.3) is 0 Å². The number of benzene rings is 1. The van der Waals surface area contributed by atoms with Gasteiger partial charge in [0.05, 0.1) is 5.69 Å². The fourth-order valence-electron chi connectivity index (χ4n) is 2.35. The lowest BCUT2D eigenvalue weighted by Crippen LogP contribution is -2.20. The summed E-state index contributed by atoms with van der Waals surface area (Å²) in [4.78, 5) is 0. The van der Waals surface area contributed by atoms with Crippen LogP contribution >= 0.6 is 15.9 Å². The molecular weight excluding hydrogens is 302 g/mol. The Morgan fingerprint density at radius 2 is 2.05 bits per heavy atom. The molecule has 1 aromatic heterocycles. The molecule has 0 saturated carbocycles. The summed E-state index contributed by atoms with van der Waals surface area (Å²) in [5.41, 5.74) is 4.86. The third-order valence-electron chi connectivity index (χ3n) is 3.39. The van der Waals surface area contributed by atoms with Gasteiger partial charge in [0, 0.05) is 29.7 Å². The molecule has 0 radical (unpaired) electrons. The topological polar surface area (TPSA) is 29.9 Å². The lowest BCUT2D eigenvalue weighted by atomic mass is 10.0. The molecule has 1 atom stereocenters. The normalized spacial score (nSPS) is 12.7. The Morgan fingerprint density at radius 3 is 2.58 bits per heavy atom. The first-order valence-corrected chi connectivity index (χ1v) is 7.23. The van der Waals surface area contributed by atoms with E-state index in [1.165, 1.54) is 16.8 Å². The molecule has 0 spiro atoms. The Hall–Kier alpha value is -1.13. The quantitative estimate of drug-likeness (QED) is 0.936. The number of nitrogens with one attached hydrogen (secondary N) is 1. The third-order valence-corrected chi connectivity index (χ3v) is 4.08. The lowest BCUT2D eigenvalue weighted by Gasteiger charge is -2.18. The van der Waals surface area contributed by atoms with Gasteiger partial charge in [0.15, 0.2) is 0 Å². The molecule has 1 aromatic carbocycles. The van der Waals surface area contributed by atoms with Crippen LogP contribution in [-0.2, 0) is 13.5 Å². The molecule has 1 unspecified atom stereocenters. The van der Waals surface area contributed by atoms with Crippen molar-refractivity contribution in [3.63, 3.8) is 0 Å². The Kier molecular flexibility index (Phi) is 4.42. The molecule has 102 valence electrons. The van der Waals surface area contributed by atoms with E-state index in [1.807, 2.05) is 25.7 Å². The number of rotatable bonds is 4. The molecular formula is C15H20BrN3. The molecule has 3 nitrogen and oxygen atoms in total. The van der Waals surface area contributed by atoms with Crippen molar-refractivity contribution in [1.82, 2.24) is 15.1 Å². The zero-order chi connectivity index (χ0) is 14.0. The molecule has 0 saturated heterocycles. The highest BCUT2D eigenvalue weighted by Crippen LogP contribution is 2.27. The standard InChI is InChI=1S/C15H20BrN3/c1-10-5-6-13(14(16)7-10)15(17-3)9-12-8-11(2)18-19(12)4/h5-8,15,17H,9H2,1-4H3. The van der Waals surface area contributed by atoms with Crippen LogP contribution in [0.5, 0.6) is 0 Å². The largest absolute Gasteiger partial charge is 0.313 e. The van der Waals surface area contributed by atoms with E-state index in [0.717, 1.165) is 16.6 Å². The van der Waals surface area contributed by atoms with Gasteiger partial charge in [-0.2, -0.15) is 5.10 Å². The molecule has 0 aliphatic rings. The minimum Gasteiger partial charge on any atom is -0.313 e. The van der Waals surface area contributed by atoms with Gasteiger partial charge >= 0.3 is 0 Å². The molecule has 0 aliphatic carbocycles. The minimum absolute atomic E-state index is 0.282. The minimum atomic E-state index is 0.282. The maximum absolute atomic E-state index is 4.41. The Bertz CT molecular complexity index is 575. The van der Waals surface area contributed by atoms with Gasteiger partial charge in [-0.25, -0.2) is 0 Å². The van der Waals surface area contributed by atoms with Crippen LogP contribution in [0.15, 0.2) is 28.7 Å². The van der Waals surface area contributed by atoms with Crippen molar-refractivity contribution in [3.8, 4) is 0 Å². The summed E-state index contributed by atoms with van der Waals surface area (Å²) < 4.78 is 3.12. The fraction of sp³-hybridized carbons (Fsp3) is 0.400. The number of halogens is 1. The van der Waals surface area contributed by atoms with Crippen LogP contribution in [0.4, 0.5) is 0 Å². The average Bonchev–Trinajstić information content (AvgIpc) is 2.65. The molecule has 2 aromatic rings. The molecule has 0 bridgehead atoms. The molecule has 1 heterocycles. The Labute approximate surface area is 123 Å². The highest BCUT2D eigenvalue weighted by Gasteiger charge is 2.15. The van der Waals surface area contributed by atoms with E-state index < -0.39 is 0 Å². The van der Waals surface area contributed by atoms with Gasteiger partial charge < -0.3 is 5.32 Å². The fourth-order valence-corrected chi connectivity index (χ4v) is 3.12. The summed E-state index contributed by atoms with van der Waals surface area (Å²) in [6.07, 6.45) is 0.926. The number of aryl methyl sites for hydroxylation is 3. The first-order chi connectivity index (χ1) is 9.01. The van der Waals surface area contributed by atoms with E-state index in [1.54, 1.807) is 0 Å². The van der Waals surface area contributed by atoms with Gasteiger partial charge in [0.2, 0.25) is 0 Å². The molecule has 1 N–H and O–H groups in total. The zero-order valence-corrected chi connectivity index (χ0v) is 13.5. The van der Waals surface area contributed by atoms with Crippen molar-refractivity contribution < 1.29 is 0 Å². The third kappa shape index (κ3) is 3.25. The van der Waals surface area contributed by atoms with Crippen LogP contribution in [-0.4, -0.2) is 16.8 Å². The summed E-state index contributed by atoms with van der Waals surface area (Å²) in [6, 6.07) is 8.92. The number of nitrogens with zero attached hydrogens (tertiary/aromatic N) is 2. The second-order valence-corrected chi connectivity index (χ2v) is 5.83. The van der Waals surface area contributed by atoms with Gasteiger partial charge in [0.1, 0.15) is 0 Å². The first-order valence-electron chi connectivity index (χ1n) is 6.44. The summed E-state index contributed by atoms with van der Waals surface area (Å²) in [5.74, 6) is 0. The number of aromatic nitrogens is 2. The predicted molar refractivity (Wildman–Crippen MR) is 82.3 cm³/mol. The van der Waals surface area contributed by atoms with Gasteiger partial charge in [0.25, 0.3) is 0 Å². The van der Waals surface area contributed by atoms with Crippen molar-refractivity contribution in [2.45, 2.75) is 26.3 Å². The van der Waals surface area contributed by atoms with Crippen LogP contribution in [0.3, 0.4) is 0 Å². The number of likely N-dealkylation sites (N-methyl/N-ethyl adjacent to an activating group) is 1. The zero-order valence-electron chi connectivity index (χ0n) is 11.9. The summed E-state index contributed by atoms with van der Waals surface area (Å²) in [7, 11) is 4.00. The van der Waals surface area contributed by atoms with E-state index in [0.29, 0.717) is 0 Å². The summed E-state index contributed by atoms with van der Waals surface area (Å²) >= 11 is 3.66. The summed E-state index contributed by atoms with van der Waals surface area (Å²) in [6.45, 7) is 4.13. The second kappa shape index (κ2) is 5.88. The van der Waals surface area contributed by atoms with E-state index in [4.69, 9.17) is 0 Å². The maximum Gasteiger partial charge on any atom is 0.0596 e. The lowest BCUT2D eigenvalue weighted by molar-refractivity contribution is 0.559. The van der Waals surface area contributed by atoms with Crippen LogP contribution < -0.4 is 5.32 Å². The smallest absolute Gasteiger partial charge is 0.0596 e. The first kappa shape index (κ1) is 14.3. The van der Waals surface area contributed by atoms with Gasteiger partial charge in [-0.15, -0.1) is 0 Å². The molecule has 0 aliphatic heterocycles. The van der Waals surface area contributed by atoms with E-state index in [-0.39, 0.29) is 6.04 Å². The molecule has 19 heavy (non-hydrogen) atoms. The van der Waals surface area contributed by atoms with Crippen LogP contribution in [0.2, 0.25) is 0 Å². The van der Waals surface area contributed by atoms with Crippen LogP contribution in [0.1, 0.15) is 28.6 Å². The highest BCUT2D eigenvalue weighted by atomic mass is 79.9. The van der Waals surface area contributed by atoms with Crippen molar-refractivity contribution in [3.05, 3.63) is 51.3 Å². The number of hydrogen-bond acceptors (Lipinski definition) is 2. The van der Waals surface area contributed by atoms with Gasteiger partial charge in [-0.1, -0.05) is 28.1 Å². The highest BCUT2D eigenvalue weighted by molar-refractivity contribution is 9.10. The average molecular weight is 322 g/mol. The van der Waals surface area contributed by atoms with E-state index in [9.17, 15) is 0 Å². The van der Waals surface area contributed by atoms with Crippen LogP contribution in [0, 0.1) is 13.8 Å². The predicted octanol–water partition coefficient (Wildman–Crippen LogP) is 3.30.